The van der Waals surface area contributed by atoms with Crippen LogP contribution >= 0.6 is 0 Å². The van der Waals surface area contributed by atoms with E-state index >= 15 is 0 Å². The summed E-state index contributed by atoms with van der Waals surface area (Å²) >= 11 is 0. The highest BCUT2D eigenvalue weighted by Crippen LogP contribution is 2.05. The smallest absolute Gasteiger partial charge is 0.223 e. The third-order valence-electron chi connectivity index (χ3n) is 1.38. The Hall–Kier alpha value is -0.940. The average Bonchev–Trinajstić information content (AvgIpc) is 2.47. The van der Waals surface area contributed by atoms with Crippen LogP contribution in [0, 0.1) is 6.92 Å². The van der Waals surface area contributed by atoms with Crippen LogP contribution in [0.5, 0.6) is 0 Å². The van der Waals surface area contributed by atoms with Gasteiger partial charge in [0.15, 0.2) is 5.82 Å². The molecule has 0 saturated carbocycles. The fourth-order valence-electron chi connectivity index (χ4n) is 0.785. The van der Waals surface area contributed by atoms with E-state index in [0.717, 1.165) is 0 Å². The molecule has 0 bridgehead atoms. The van der Waals surface area contributed by atoms with E-state index in [0.29, 0.717) is 24.9 Å². The van der Waals surface area contributed by atoms with Crippen LogP contribution in [-0.2, 0) is 4.74 Å². The molecule has 1 heterocycles. The van der Waals surface area contributed by atoms with Crippen molar-refractivity contribution >= 4 is 0 Å². The molecule has 5 nitrogen and oxygen atoms in total. The fourth-order valence-corrected chi connectivity index (χ4v) is 0.785. The molecule has 0 aromatic carbocycles. The van der Waals surface area contributed by atoms with Crippen LogP contribution < -0.4 is 5.73 Å². The predicted molar refractivity (Wildman–Crippen MR) is 42.5 cm³/mol. The van der Waals surface area contributed by atoms with Crippen molar-refractivity contribution < 1.29 is 9.26 Å². The van der Waals surface area contributed by atoms with Crippen molar-refractivity contribution in [3.63, 3.8) is 0 Å². The van der Waals surface area contributed by atoms with Gasteiger partial charge < -0.3 is 15.0 Å². The summed E-state index contributed by atoms with van der Waals surface area (Å²) in [5.74, 6) is 1.03. The van der Waals surface area contributed by atoms with Gasteiger partial charge in [0.05, 0.1) is 12.6 Å². The number of aromatic nitrogens is 2. The number of aryl methyl sites for hydroxylation is 1. The fraction of sp³-hybridized carbons (Fsp3) is 0.714. The van der Waals surface area contributed by atoms with Crippen molar-refractivity contribution in [1.82, 2.24) is 10.1 Å². The molecule has 1 atom stereocenters. The first kappa shape index (κ1) is 9.15. The van der Waals surface area contributed by atoms with E-state index < -0.39 is 0 Å². The van der Waals surface area contributed by atoms with Crippen molar-refractivity contribution in [2.24, 2.45) is 5.73 Å². The van der Waals surface area contributed by atoms with E-state index in [1.807, 2.05) is 6.92 Å². The summed E-state index contributed by atoms with van der Waals surface area (Å²) in [7, 11) is 0. The van der Waals surface area contributed by atoms with Gasteiger partial charge in [0.1, 0.15) is 0 Å². The molecule has 0 aliphatic carbocycles. The zero-order valence-electron chi connectivity index (χ0n) is 7.28. The molecule has 1 aromatic rings. The lowest BCUT2D eigenvalue weighted by atomic mass is 10.3. The standard InChI is InChI=1S/C7H13N3O2/c1-3-11-4-6(8)7-9-5(2)12-10-7/h6H,3-4,8H2,1-2H3. The molecule has 0 amide bonds. The van der Waals surface area contributed by atoms with Crippen LogP contribution in [0.15, 0.2) is 4.52 Å². The molecule has 0 fully saturated rings. The quantitative estimate of drug-likeness (QED) is 0.710. The molecule has 0 aliphatic heterocycles. The number of nitrogens with zero attached hydrogens (tertiary/aromatic N) is 2. The number of nitrogens with two attached hydrogens (primary N) is 1. The average molecular weight is 171 g/mol. The van der Waals surface area contributed by atoms with Crippen molar-refractivity contribution in [1.29, 1.82) is 0 Å². The molecule has 0 aliphatic rings. The van der Waals surface area contributed by atoms with Crippen LogP contribution in [0.1, 0.15) is 24.7 Å². The summed E-state index contributed by atoms with van der Waals surface area (Å²) in [5, 5.41) is 3.68. The van der Waals surface area contributed by atoms with Crippen molar-refractivity contribution in [2.45, 2.75) is 19.9 Å². The topological polar surface area (TPSA) is 74.2 Å². The SMILES string of the molecule is CCOCC(N)c1noc(C)n1. The van der Waals surface area contributed by atoms with Crippen LogP contribution in [0.4, 0.5) is 0 Å². The Balaban J connectivity index is 2.47. The first-order valence-electron chi connectivity index (χ1n) is 3.87. The van der Waals surface area contributed by atoms with Crippen molar-refractivity contribution in [3.8, 4) is 0 Å². The molecular weight excluding hydrogens is 158 g/mol. The molecule has 12 heavy (non-hydrogen) atoms. The minimum absolute atomic E-state index is 0.289. The minimum Gasteiger partial charge on any atom is -0.380 e. The summed E-state index contributed by atoms with van der Waals surface area (Å²) in [6.45, 7) is 4.71. The van der Waals surface area contributed by atoms with Crippen LogP contribution in [-0.4, -0.2) is 23.4 Å². The maximum Gasteiger partial charge on any atom is 0.223 e. The molecule has 1 unspecified atom stereocenters. The van der Waals surface area contributed by atoms with Crippen LogP contribution in [0.25, 0.3) is 0 Å². The van der Waals surface area contributed by atoms with Gasteiger partial charge in [-0.2, -0.15) is 4.98 Å². The van der Waals surface area contributed by atoms with E-state index in [2.05, 4.69) is 10.1 Å². The van der Waals surface area contributed by atoms with Gasteiger partial charge in [-0.3, -0.25) is 0 Å². The van der Waals surface area contributed by atoms with E-state index in [1.165, 1.54) is 0 Å². The Morgan fingerprint density at radius 2 is 2.42 bits per heavy atom. The zero-order valence-corrected chi connectivity index (χ0v) is 7.28. The summed E-state index contributed by atoms with van der Waals surface area (Å²) in [5.41, 5.74) is 5.68. The van der Waals surface area contributed by atoms with E-state index in [9.17, 15) is 0 Å². The highest BCUT2D eigenvalue weighted by molar-refractivity contribution is 4.91. The molecule has 1 aromatic heterocycles. The van der Waals surface area contributed by atoms with E-state index in [-0.39, 0.29) is 6.04 Å². The Bertz CT molecular complexity index is 236. The monoisotopic (exact) mass is 171 g/mol. The molecule has 5 heteroatoms. The van der Waals surface area contributed by atoms with E-state index in [1.54, 1.807) is 6.92 Å². The Morgan fingerprint density at radius 1 is 1.67 bits per heavy atom. The lowest BCUT2D eigenvalue weighted by Gasteiger charge is -2.05. The highest BCUT2D eigenvalue weighted by atomic mass is 16.5. The molecular formula is C7H13N3O2. The number of hydrogen-bond acceptors (Lipinski definition) is 5. The lowest BCUT2D eigenvalue weighted by molar-refractivity contribution is 0.130. The number of hydrogen-bond donors (Lipinski definition) is 1. The summed E-state index contributed by atoms with van der Waals surface area (Å²) < 4.78 is 9.88. The van der Waals surface area contributed by atoms with Crippen LogP contribution in [0.3, 0.4) is 0 Å². The first-order valence-corrected chi connectivity index (χ1v) is 3.87. The third kappa shape index (κ3) is 2.28. The van der Waals surface area contributed by atoms with E-state index in [4.69, 9.17) is 15.0 Å². The van der Waals surface area contributed by atoms with Gasteiger partial charge >= 0.3 is 0 Å². The second-order valence-electron chi connectivity index (χ2n) is 2.44. The molecule has 1 rings (SSSR count). The maximum absolute atomic E-state index is 5.68. The Kier molecular flexibility index (Phi) is 3.19. The lowest BCUT2D eigenvalue weighted by Crippen LogP contribution is -2.18. The molecule has 0 saturated heterocycles. The maximum atomic E-state index is 5.68. The van der Waals surface area contributed by atoms with Gasteiger partial charge in [0.25, 0.3) is 0 Å². The number of ether oxygens (including phenoxy) is 1. The van der Waals surface area contributed by atoms with Gasteiger partial charge in [0.2, 0.25) is 5.89 Å². The Morgan fingerprint density at radius 3 is 2.92 bits per heavy atom. The van der Waals surface area contributed by atoms with Gasteiger partial charge in [-0.05, 0) is 6.92 Å². The Labute approximate surface area is 70.9 Å². The predicted octanol–water partition coefficient (Wildman–Crippen LogP) is 0.414. The van der Waals surface area contributed by atoms with Gasteiger partial charge in [0, 0.05) is 13.5 Å². The van der Waals surface area contributed by atoms with Gasteiger partial charge in [-0.1, -0.05) is 5.16 Å². The van der Waals surface area contributed by atoms with Crippen molar-refractivity contribution in [3.05, 3.63) is 11.7 Å². The molecule has 0 spiro atoms. The molecule has 68 valence electrons. The van der Waals surface area contributed by atoms with Gasteiger partial charge in [-0.15, -0.1) is 0 Å². The normalized spacial score (nSPS) is 13.2. The minimum atomic E-state index is -0.289. The highest BCUT2D eigenvalue weighted by Gasteiger charge is 2.11. The van der Waals surface area contributed by atoms with Gasteiger partial charge in [-0.25, -0.2) is 0 Å². The largest absolute Gasteiger partial charge is 0.380 e. The molecule has 0 radical (unpaired) electrons. The second-order valence-corrected chi connectivity index (χ2v) is 2.44. The van der Waals surface area contributed by atoms with Crippen LogP contribution in [0.2, 0.25) is 0 Å². The van der Waals surface area contributed by atoms with Crippen molar-refractivity contribution in [2.75, 3.05) is 13.2 Å². The molecule has 2 N–H and O–H groups in total. The third-order valence-corrected chi connectivity index (χ3v) is 1.38. The number of rotatable bonds is 4. The summed E-state index contributed by atoms with van der Waals surface area (Å²) in [6.07, 6.45) is 0. The summed E-state index contributed by atoms with van der Waals surface area (Å²) in [6, 6.07) is -0.289. The zero-order chi connectivity index (χ0) is 8.97. The second kappa shape index (κ2) is 4.18. The summed E-state index contributed by atoms with van der Waals surface area (Å²) in [4.78, 5) is 3.98. The first-order chi connectivity index (χ1) is 5.74.